The fraction of sp³-hybridized carbons (Fsp3) is 0.174. The van der Waals surface area contributed by atoms with Crippen LogP contribution in [-0.2, 0) is 23.9 Å². The molecule has 0 fully saturated rings. The van der Waals surface area contributed by atoms with Crippen molar-refractivity contribution in [3.63, 3.8) is 0 Å². The number of hydrogen-bond acceptors (Lipinski definition) is 4. The van der Waals surface area contributed by atoms with Crippen LogP contribution < -0.4 is 11.1 Å². The number of anilines is 1. The summed E-state index contributed by atoms with van der Waals surface area (Å²) in [5.74, 6) is -1.01. The van der Waals surface area contributed by atoms with Crippen LogP contribution in [0, 0.1) is 12.7 Å². The monoisotopic (exact) mass is 465 g/mol. The number of nitrogens with two attached hydrogens (primary N) is 1. The molecule has 0 saturated carbocycles. The van der Waals surface area contributed by atoms with E-state index in [4.69, 9.17) is 5.73 Å². The van der Waals surface area contributed by atoms with Crippen molar-refractivity contribution in [3.8, 4) is 11.3 Å². The third-order valence-electron chi connectivity index (χ3n) is 5.80. The second kappa shape index (κ2) is 7.96. The molecule has 5 rings (SSSR count). The summed E-state index contributed by atoms with van der Waals surface area (Å²) in [5, 5.41) is 8.97. The molecule has 2 aliphatic heterocycles. The predicted octanol–water partition coefficient (Wildman–Crippen LogP) is 3.24. The van der Waals surface area contributed by atoms with Gasteiger partial charge in [-0.15, -0.1) is 0 Å². The zero-order valence-corrected chi connectivity index (χ0v) is 18.5. The number of aromatic nitrogens is 2. The first kappa shape index (κ1) is 21.1. The number of carbonyl (C=O) groups is 2. The molecule has 0 spiro atoms. The van der Waals surface area contributed by atoms with Crippen molar-refractivity contribution in [2.24, 2.45) is 5.73 Å². The molecule has 0 bridgehead atoms. The van der Waals surface area contributed by atoms with E-state index in [2.05, 4.69) is 10.4 Å². The fourth-order valence-corrected chi connectivity index (χ4v) is 5.11. The Labute approximate surface area is 191 Å². The summed E-state index contributed by atoms with van der Waals surface area (Å²) in [6.45, 7) is 2.52. The number of urea groups is 1. The van der Waals surface area contributed by atoms with E-state index < -0.39 is 16.7 Å². The van der Waals surface area contributed by atoms with Crippen LogP contribution in [0.1, 0.15) is 27.2 Å². The molecular weight excluding hydrogens is 445 g/mol. The van der Waals surface area contributed by atoms with Crippen molar-refractivity contribution in [1.29, 1.82) is 0 Å². The lowest BCUT2D eigenvalue weighted by molar-refractivity contribution is 0.0997. The number of hydrogen-bond donors (Lipinski definition) is 2. The molecule has 0 saturated heterocycles. The fourth-order valence-electron chi connectivity index (χ4n) is 4.08. The molecular formula is C23H20FN5O3S. The van der Waals surface area contributed by atoms with Crippen LogP contribution in [0.4, 0.5) is 14.9 Å². The number of nitrogens with one attached hydrogen (secondary N) is 1. The number of carbonyl (C=O) groups excluding carboxylic acids is 2. The third-order valence-corrected chi connectivity index (χ3v) is 6.97. The van der Waals surface area contributed by atoms with Crippen LogP contribution in [0.3, 0.4) is 0 Å². The first-order chi connectivity index (χ1) is 15.8. The van der Waals surface area contributed by atoms with Gasteiger partial charge in [0.1, 0.15) is 11.5 Å². The Morgan fingerprint density at radius 2 is 2.00 bits per heavy atom. The molecule has 2 aromatic carbocycles. The van der Waals surface area contributed by atoms with Gasteiger partial charge in [-0.1, -0.05) is 6.07 Å². The highest BCUT2D eigenvalue weighted by Gasteiger charge is 2.30. The number of aryl methyl sites for hydroxylation is 1. The lowest BCUT2D eigenvalue weighted by Crippen LogP contribution is -2.41. The Hall–Kier alpha value is -3.79. The number of benzene rings is 2. The van der Waals surface area contributed by atoms with Crippen LogP contribution in [0.25, 0.3) is 17.3 Å². The van der Waals surface area contributed by atoms with E-state index in [9.17, 15) is 18.2 Å². The van der Waals surface area contributed by atoms with Gasteiger partial charge in [0.2, 0.25) is 0 Å². The van der Waals surface area contributed by atoms with Gasteiger partial charge in [0.15, 0.2) is 0 Å². The average Bonchev–Trinajstić information content (AvgIpc) is 3.36. The zero-order valence-electron chi connectivity index (χ0n) is 17.7. The predicted molar refractivity (Wildman–Crippen MR) is 122 cm³/mol. The Morgan fingerprint density at radius 3 is 2.76 bits per heavy atom. The zero-order chi connectivity index (χ0) is 23.3. The topological polar surface area (TPSA) is 110 Å². The molecule has 168 valence electrons. The lowest BCUT2D eigenvalue weighted by Gasteiger charge is -2.28. The normalized spacial score (nSPS) is 16.4. The van der Waals surface area contributed by atoms with Gasteiger partial charge in [-0.05, 0) is 54.5 Å². The minimum atomic E-state index is -1.22. The van der Waals surface area contributed by atoms with Gasteiger partial charge in [0, 0.05) is 23.2 Å². The molecule has 3 heterocycles. The third kappa shape index (κ3) is 3.72. The second-order valence-corrected chi connectivity index (χ2v) is 9.23. The van der Waals surface area contributed by atoms with Crippen molar-refractivity contribution < 1.29 is 18.2 Å². The molecule has 10 heteroatoms. The molecule has 2 aliphatic rings. The number of fused-ring (bicyclic) bond motifs is 2. The molecule has 1 atom stereocenters. The van der Waals surface area contributed by atoms with E-state index in [1.54, 1.807) is 58.3 Å². The number of halogens is 1. The van der Waals surface area contributed by atoms with Crippen LogP contribution in [-0.4, -0.2) is 37.4 Å². The van der Waals surface area contributed by atoms with Gasteiger partial charge in [-0.3, -0.25) is 9.48 Å². The quantitative estimate of drug-likeness (QED) is 0.619. The first-order valence-electron chi connectivity index (χ1n) is 10.3. The maximum absolute atomic E-state index is 13.7. The summed E-state index contributed by atoms with van der Waals surface area (Å²) in [5.41, 5.74) is 9.21. The molecule has 8 nitrogen and oxygen atoms in total. The number of nitrogens with zero attached hydrogens (tertiary/aromatic N) is 3. The van der Waals surface area contributed by atoms with E-state index in [1.165, 1.54) is 6.07 Å². The first-order valence-corrected chi connectivity index (χ1v) is 11.5. The Balaban J connectivity index is 1.41. The number of rotatable bonds is 3. The second-order valence-electron chi connectivity index (χ2n) is 7.93. The van der Waals surface area contributed by atoms with Crippen molar-refractivity contribution in [2.75, 3.05) is 11.9 Å². The van der Waals surface area contributed by atoms with Crippen LogP contribution in [0.2, 0.25) is 0 Å². The highest BCUT2D eigenvalue weighted by molar-refractivity contribution is 7.88. The van der Waals surface area contributed by atoms with Gasteiger partial charge in [0.05, 0.1) is 40.0 Å². The largest absolute Gasteiger partial charge is 0.365 e. The molecule has 33 heavy (non-hydrogen) atoms. The van der Waals surface area contributed by atoms with E-state index in [-0.39, 0.29) is 24.0 Å². The van der Waals surface area contributed by atoms with E-state index in [0.717, 1.165) is 5.56 Å². The minimum absolute atomic E-state index is 0.135. The van der Waals surface area contributed by atoms with Crippen molar-refractivity contribution >= 4 is 34.5 Å². The summed E-state index contributed by atoms with van der Waals surface area (Å²) in [6, 6.07) is 9.40. The summed E-state index contributed by atoms with van der Waals surface area (Å²) < 4.78 is 27.4. The Morgan fingerprint density at radius 1 is 1.18 bits per heavy atom. The minimum Gasteiger partial charge on any atom is -0.365 e. The van der Waals surface area contributed by atoms with Gasteiger partial charge < -0.3 is 16.0 Å². The van der Waals surface area contributed by atoms with Gasteiger partial charge in [0.25, 0.3) is 5.91 Å². The maximum atomic E-state index is 13.7. The molecule has 1 aromatic heterocycles. The molecule has 3 N–H and O–H groups in total. The van der Waals surface area contributed by atoms with Crippen LogP contribution >= 0.6 is 0 Å². The van der Waals surface area contributed by atoms with Crippen molar-refractivity contribution in [2.45, 2.75) is 24.9 Å². The number of amides is 3. The Bertz CT molecular complexity index is 1380. The molecule has 0 radical (unpaired) electrons. The average molecular weight is 466 g/mol. The summed E-state index contributed by atoms with van der Waals surface area (Å²) in [7, 11) is -1.22. The van der Waals surface area contributed by atoms with E-state index in [1.807, 2.05) is 0 Å². The summed E-state index contributed by atoms with van der Waals surface area (Å²) in [4.78, 5) is 27.5. The summed E-state index contributed by atoms with van der Waals surface area (Å²) >= 11 is 0. The molecule has 3 aromatic rings. The van der Waals surface area contributed by atoms with E-state index in [0.29, 0.717) is 46.2 Å². The van der Waals surface area contributed by atoms with E-state index >= 15 is 0 Å². The lowest BCUT2D eigenvalue weighted by atomic mass is 10.0. The maximum Gasteiger partial charge on any atom is 0.322 e. The standard InChI is InChI=1S/C23H20FN5O3S/c1-13-10-15(3-5-17(13)24)21-20(22(25)30)18-12-28(7-8-29(18)27-21)23(31)26-16-4-2-14-6-9-33(32)19(14)11-16/h2-6,9-11H,7-8,12H2,1H3,(H2,25,30)(H,26,31). The molecule has 3 amide bonds. The summed E-state index contributed by atoms with van der Waals surface area (Å²) in [6.07, 6.45) is 1.79. The van der Waals surface area contributed by atoms with Gasteiger partial charge in [-0.2, -0.15) is 5.10 Å². The van der Waals surface area contributed by atoms with Crippen molar-refractivity contribution in [1.82, 2.24) is 14.7 Å². The highest BCUT2D eigenvalue weighted by atomic mass is 32.2. The van der Waals surface area contributed by atoms with Crippen LogP contribution in [0.15, 0.2) is 46.7 Å². The smallest absolute Gasteiger partial charge is 0.322 e. The SMILES string of the molecule is Cc1cc(-c2nn3c(c2C(N)=O)CN(C(=O)Nc2ccc4c(c2)S(=O)C=C4)CC3)ccc1F. The van der Waals surface area contributed by atoms with Crippen LogP contribution in [0.5, 0.6) is 0 Å². The van der Waals surface area contributed by atoms with Gasteiger partial charge >= 0.3 is 6.03 Å². The Kier molecular flexibility index (Phi) is 5.09. The number of primary amides is 1. The molecule has 1 unspecified atom stereocenters. The highest BCUT2D eigenvalue weighted by Crippen LogP contribution is 2.30. The molecule has 0 aliphatic carbocycles. The van der Waals surface area contributed by atoms with Gasteiger partial charge in [-0.25, -0.2) is 13.4 Å². The van der Waals surface area contributed by atoms with Crippen molar-refractivity contribution in [3.05, 3.63) is 70.0 Å².